The Hall–Kier alpha value is -1.04. The van der Waals surface area contributed by atoms with Crippen LogP contribution >= 0.6 is 0 Å². The topological polar surface area (TPSA) is 44.1 Å². The molecule has 1 heterocycles. The van der Waals surface area contributed by atoms with Gasteiger partial charge >= 0.3 is 0 Å². The fourth-order valence-electron chi connectivity index (χ4n) is 1.91. The molecule has 1 saturated heterocycles. The molecule has 2 atom stereocenters. The molecule has 0 N–H and O–H groups in total. The van der Waals surface area contributed by atoms with Crippen LogP contribution in [0.25, 0.3) is 0 Å². The zero-order valence-electron chi connectivity index (χ0n) is 8.99. The summed E-state index contributed by atoms with van der Waals surface area (Å²) in [4.78, 5) is 13.7. The fourth-order valence-corrected chi connectivity index (χ4v) is 1.91. The lowest BCUT2D eigenvalue weighted by molar-refractivity contribution is -0.135. The Morgan fingerprint density at radius 1 is 1.50 bits per heavy atom. The van der Waals surface area contributed by atoms with E-state index in [0.29, 0.717) is 6.04 Å². The van der Waals surface area contributed by atoms with Crippen LogP contribution in [0.2, 0.25) is 0 Å². The molecule has 0 spiro atoms. The molecule has 0 aliphatic carbocycles. The molecule has 78 valence electrons. The van der Waals surface area contributed by atoms with Crippen molar-refractivity contribution in [2.24, 2.45) is 5.92 Å². The smallest absolute Gasteiger partial charge is 0.239 e. The van der Waals surface area contributed by atoms with E-state index in [9.17, 15) is 4.79 Å². The molecule has 0 bridgehead atoms. The summed E-state index contributed by atoms with van der Waals surface area (Å²) in [5, 5.41) is 8.69. The Kier molecular flexibility index (Phi) is 3.94. The average Bonchev–Trinajstić information content (AvgIpc) is 2.40. The predicted octanol–water partition coefficient (Wildman–Crippen LogP) is 1.94. The third-order valence-electron chi connectivity index (χ3n) is 2.90. The van der Waals surface area contributed by atoms with Crippen LogP contribution in [0.1, 0.15) is 39.5 Å². The van der Waals surface area contributed by atoms with E-state index in [-0.39, 0.29) is 5.91 Å². The number of hydrogen-bond donors (Lipinski definition) is 0. The molecule has 0 aromatic rings. The lowest BCUT2D eigenvalue weighted by atomic mass is 10.1. The van der Waals surface area contributed by atoms with Gasteiger partial charge in [0.05, 0.1) is 6.07 Å². The first-order valence-corrected chi connectivity index (χ1v) is 5.37. The Labute approximate surface area is 85.7 Å². The van der Waals surface area contributed by atoms with E-state index in [0.717, 1.165) is 19.4 Å². The van der Waals surface area contributed by atoms with E-state index >= 15 is 0 Å². The van der Waals surface area contributed by atoms with Crippen molar-refractivity contribution in [1.29, 1.82) is 5.26 Å². The first-order chi connectivity index (χ1) is 6.66. The Balaban J connectivity index is 2.64. The van der Waals surface area contributed by atoms with Gasteiger partial charge in [-0.1, -0.05) is 12.8 Å². The number of amides is 1. The van der Waals surface area contributed by atoms with E-state index in [1.165, 1.54) is 12.8 Å². The highest BCUT2D eigenvalue weighted by molar-refractivity contribution is 5.81. The van der Waals surface area contributed by atoms with Gasteiger partial charge in [0.1, 0.15) is 5.92 Å². The van der Waals surface area contributed by atoms with E-state index in [2.05, 4.69) is 6.92 Å². The maximum absolute atomic E-state index is 11.8. The van der Waals surface area contributed by atoms with Crippen molar-refractivity contribution < 1.29 is 4.79 Å². The molecule has 0 saturated carbocycles. The SMILES string of the molecule is CC(C#N)C(=O)N1CCCCCC1C. The highest BCUT2D eigenvalue weighted by atomic mass is 16.2. The van der Waals surface area contributed by atoms with Gasteiger partial charge in [-0.15, -0.1) is 0 Å². The number of carbonyl (C=O) groups is 1. The molecular formula is C11H18N2O. The first kappa shape index (κ1) is 11.0. The Morgan fingerprint density at radius 3 is 2.86 bits per heavy atom. The molecule has 0 aromatic carbocycles. The van der Waals surface area contributed by atoms with Crippen LogP contribution in [0.3, 0.4) is 0 Å². The normalized spacial score (nSPS) is 24.9. The van der Waals surface area contributed by atoms with Gasteiger partial charge in [0.2, 0.25) is 5.91 Å². The van der Waals surface area contributed by atoms with Crippen molar-refractivity contribution in [2.75, 3.05) is 6.54 Å². The van der Waals surface area contributed by atoms with Gasteiger partial charge in [-0.2, -0.15) is 5.26 Å². The van der Waals surface area contributed by atoms with Crippen molar-refractivity contribution in [3.05, 3.63) is 0 Å². The lowest BCUT2D eigenvalue weighted by Gasteiger charge is -2.28. The molecule has 1 rings (SSSR count). The summed E-state index contributed by atoms with van der Waals surface area (Å²) in [7, 11) is 0. The van der Waals surface area contributed by atoms with Crippen molar-refractivity contribution in [2.45, 2.75) is 45.6 Å². The summed E-state index contributed by atoms with van der Waals surface area (Å²) in [6.07, 6.45) is 4.55. The van der Waals surface area contributed by atoms with Crippen LogP contribution in [0.5, 0.6) is 0 Å². The number of nitrogens with zero attached hydrogens (tertiary/aromatic N) is 2. The van der Waals surface area contributed by atoms with Crippen molar-refractivity contribution in [3.8, 4) is 6.07 Å². The highest BCUT2D eigenvalue weighted by Crippen LogP contribution is 2.18. The van der Waals surface area contributed by atoms with Crippen LogP contribution in [0.15, 0.2) is 0 Å². The van der Waals surface area contributed by atoms with Gasteiger partial charge in [0, 0.05) is 12.6 Å². The van der Waals surface area contributed by atoms with Crippen LogP contribution in [-0.2, 0) is 4.79 Å². The molecule has 0 aromatic heterocycles. The summed E-state index contributed by atoms with van der Waals surface area (Å²) in [5.41, 5.74) is 0. The third-order valence-corrected chi connectivity index (χ3v) is 2.90. The second-order valence-corrected chi connectivity index (χ2v) is 4.08. The Morgan fingerprint density at radius 2 is 2.21 bits per heavy atom. The maximum atomic E-state index is 11.8. The summed E-state index contributed by atoms with van der Waals surface area (Å²) < 4.78 is 0. The second-order valence-electron chi connectivity index (χ2n) is 4.08. The molecule has 3 heteroatoms. The van der Waals surface area contributed by atoms with E-state index in [4.69, 9.17) is 5.26 Å². The summed E-state index contributed by atoms with van der Waals surface area (Å²) in [6.45, 7) is 4.58. The maximum Gasteiger partial charge on any atom is 0.239 e. The molecule has 0 radical (unpaired) electrons. The summed E-state index contributed by atoms with van der Waals surface area (Å²) in [6, 6.07) is 2.32. The standard InChI is InChI=1S/C11H18N2O/c1-9(8-12)11(14)13-7-5-3-4-6-10(13)2/h9-10H,3-7H2,1-2H3. The van der Waals surface area contributed by atoms with Gasteiger partial charge < -0.3 is 4.90 Å². The Bertz CT molecular complexity index is 244. The zero-order valence-corrected chi connectivity index (χ0v) is 8.99. The van der Waals surface area contributed by atoms with E-state index < -0.39 is 5.92 Å². The van der Waals surface area contributed by atoms with Crippen molar-refractivity contribution in [3.63, 3.8) is 0 Å². The predicted molar refractivity (Wildman–Crippen MR) is 54.4 cm³/mol. The van der Waals surface area contributed by atoms with E-state index in [1.807, 2.05) is 11.0 Å². The monoisotopic (exact) mass is 194 g/mol. The van der Waals surface area contributed by atoms with Gasteiger partial charge in [0.25, 0.3) is 0 Å². The number of nitriles is 1. The molecule has 14 heavy (non-hydrogen) atoms. The molecular weight excluding hydrogens is 176 g/mol. The number of hydrogen-bond acceptors (Lipinski definition) is 2. The second kappa shape index (κ2) is 4.99. The molecule has 1 fully saturated rings. The molecule has 2 unspecified atom stereocenters. The van der Waals surface area contributed by atoms with Gasteiger partial charge in [0.15, 0.2) is 0 Å². The van der Waals surface area contributed by atoms with Gasteiger partial charge in [-0.05, 0) is 26.7 Å². The van der Waals surface area contributed by atoms with Crippen LogP contribution < -0.4 is 0 Å². The summed E-state index contributed by atoms with van der Waals surface area (Å²) >= 11 is 0. The highest BCUT2D eigenvalue weighted by Gasteiger charge is 2.25. The van der Waals surface area contributed by atoms with E-state index in [1.54, 1.807) is 6.92 Å². The number of rotatable bonds is 1. The molecule has 3 nitrogen and oxygen atoms in total. The summed E-state index contributed by atoms with van der Waals surface area (Å²) in [5.74, 6) is -0.488. The molecule has 1 aliphatic heterocycles. The fraction of sp³-hybridized carbons (Fsp3) is 0.818. The zero-order chi connectivity index (χ0) is 10.6. The minimum atomic E-state index is -0.490. The first-order valence-electron chi connectivity index (χ1n) is 5.37. The van der Waals surface area contributed by atoms with Gasteiger partial charge in [-0.3, -0.25) is 4.79 Å². The average molecular weight is 194 g/mol. The number of carbonyl (C=O) groups excluding carboxylic acids is 1. The number of likely N-dealkylation sites (tertiary alicyclic amines) is 1. The largest absolute Gasteiger partial charge is 0.339 e. The quantitative estimate of drug-likeness (QED) is 0.640. The van der Waals surface area contributed by atoms with Crippen LogP contribution in [-0.4, -0.2) is 23.4 Å². The minimum absolute atomic E-state index is 0.00176. The van der Waals surface area contributed by atoms with Crippen molar-refractivity contribution in [1.82, 2.24) is 4.90 Å². The third kappa shape index (κ3) is 2.47. The minimum Gasteiger partial charge on any atom is -0.339 e. The van der Waals surface area contributed by atoms with Crippen molar-refractivity contribution >= 4 is 5.91 Å². The molecule has 1 aliphatic rings. The molecule has 1 amide bonds. The van der Waals surface area contributed by atoms with Gasteiger partial charge in [-0.25, -0.2) is 0 Å². The van der Waals surface area contributed by atoms with Crippen LogP contribution in [0, 0.1) is 17.2 Å². The van der Waals surface area contributed by atoms with Crippen LogP contribution in [0.4, 0.5) is 0 Å². The lowest BCUT2D eigenvalue weighted by Crippen LogP contribution is -2.40.